The van der Waals surface area contributed by atoms with Crippen LogP contribution in [0.5, 0.6) is 0 Å². The maximum absolute atomic E-state index is 11.9. The fraction of sp³-hybridized carbons (Fsp3) is 0.846. The molecule has 3 atom stereocenters. The van der Waals surface area contributed by atoms with Crippen LogP contribution in [0.3, 0.4) is 0 Å². The Hall–Kier alpha value is -1.10. The SMILES string of the molecule is CCOC(=O)C(CC)(CC1CCC(C)O1)C(=O)O. The zero-order valence-corrected chi connectivity index (χ0v) is 11.3. The molecule has 0 aromatic rings. The van der Waals surface area contributed by atoms with E-state index in [-0.39, 0.29) is 31.7 Å². The molecule has 0 bridgehead atoms. The molecule has 0 amide bonds. The normalized spacial score (nSPS) is 26.6. The van der Waals surface area contributed by atoms with Crippen molar-refractivity contribution in [1.29, 1.82) is 0 Å². The molecule has 0 aliphatic carbocycles. The van der Waals surface area contributed by atoms with E-state index in [0.717, 1.165) is 12.8 Å². The van der Waals surface area contributed by atoms with E-state index in [2.05, 4.69) is 0 Å². The van der Waals surface area contributed by atoms with Gasteiger partial charge in [0.1, 0.15) is 0 Å². The number of carboxylic acid groups (broad SMARTS) is 1. The van der Waals surface area contributed by atoms with Crippen LogP contribution in [0.25, 0.3) is 0 Å². The second-order valence-electron chi connectivity index (χ2n) is 4.81. The lowest BCUT2D eigenvalue weighted by atomic mass is 9.79. The van der Waals surface area contributed by atoms with E-state index in [1.54, 1.807) is 13.8 Å². The molecule has 18 heavy (non-hydrogen) atoms. The highest BCUT2D eigenvalue weighted by Crippen LogP contribution is 2.35. The first-order valence-electron chi connectivity index (χ1n) is 6.52. The van der Waals surface area contributed by atoms with E-state index in [1.807, 2.05) is 6.92 Å². The smallest absolute Gasteiger partial charge is 0.323 e. The summed E-state index contributed by atoms with van der Waals surface area (Å²) in [6, 6.07) is 0. The van der Waals surface area contributed by atoms with Crippen molar-refractivity contribution in [2.75, 3.05) is 6.61 Å². The number of carbonyl (C=O) groups is 2. The van der Waals surface area contributed by atoms with Crippen LogP contribution < -0.4 is 0 Å². The van der Waals surface area contributed by atoms with E-state index in [9.17, 15) is 14.7 Å². The highest BCUT2D eigenvalue weighted by atomic mass is 16.5. The second kappa shape index (κ2) is 6.18. The molecule has 5 heteroatoms. The first kappa shape index (κ1) is 15.0. The average Bonchev–Trinajstić information content (AvgIpc) is 2.71. The monoisotopic (exact) mass is 258 g/mol. The Kier molecular flexibility index (Phi) is 5.14. The number of ether oxygens (including phenoxy) is 2. The molecule has 0 radical (unpaired) electrons. The first-order valence-corrected chi connectivity index (χ1v) is 6.52. The highest BCUT2D eigenvalue weighted by molar-refractivity contribution is 5.99. The number of hydrogen-bond donors (Lipinski definition) is 1. The number of rotatable bonds is 6. The molecular weight excluding hydrogens is 236 g/mol. The molecule has 0 spiro atoms. The lowest BCUT2D eigenvalue weighted by Crippen LogP contribution is -2.43. The topological polar surface area (TPSA) is 72.8 Å². The summed E-state index contributed by atoms with van der Waals surface area (Å²) in [5.74, 6) is -1.77. The molecule has 0 aromatic heterocycles. The number of carboxylic acids is 1. The van der Waals surface area contributed by atoms with Crippen LogP contribution in [0.1, 0.15) is 46.5 Å². The van der Waals surface area contributed by atoms with Crippen molar-refractivity contribution in [2.45, 2.75) is 58.7 Å². The van der Waals surface area contributed by atoms with Gasteiger partial charge in [-0.25, -0.2) is 0 Å². The summed E-state index contributed by atoms with van der Waals surface area (Å²) in [7, 11) is 0. The van der Waals surface area contributed by atoms with Crippen molar-refractivity contribution < 1.29 is 24.2 Å². The van der Waals surface area contributed by atoms with Crippen LogP contribution in [0.4, 0.5) is 0 Å². The van der Waals surface area contributed by atoms with Crippen molar-refractivity contribution in [3.63, 3.8) is 0 Å². The largest absolute Gasteiger partial charge is 0.480 e. The van der Waals surface area contributed by atoms with E-state index < -0.39 is 17.4 Å². The Morgan fingerprint density at radius 1 is 1.39 bits per heavy atom. The zero-order chi connectivity index (χ0) is 13.8. The van der Waals surface area contributed by atoms with Gasteiger partial charge in [-0.15, -0.1) is 0 Å². The maximum Gasteiger partial charge on any atom is 0.323 e. The molecule has 1 heterocycles. The van der Waals surface area contributed by atoms with Gasteiger partial charge in [0.2, 0.25) is 0 Å². The Morgan fingerprint density at radius 3 is 2.44 bits per heavy atom. The Labute approximate surface area is 107 Å². The Bertz CT molecular complexity index is 315. The quantitative estimate of drug-likeness (QED) is 0.582. The van der Waals surface area contributed by atoms with Gasteiger partial charge in [-0.1, -0.05) is 6.92 Å². The van der Waals surface area contributed by atoms with Crippen LogP contribution in [0, 0.1) is 5.41 Å². The van der Waals surface area contributed by atoms with Crippen LogP contribution in [-0.4, -0.2) is 35.9 Å². The fourth-order valence-electron chi connectivity index (χ4n) is 2.39. The molecule has 1 fully saturated rings. The summed E-state index contributed by atoms with van der Waals surface area (Å²) >= 11 is 0. The molecule has 3 unspecified atom stereocenters. The minimum absolute atomic E-state index is 0.139. The molecule has 0 saturated carbocycles. The molecule has 0 aromatic carbocycles. The van der Waals surface area contributed by atoms with Gasteiger partial charge in [0, 0.05) is 6.42 Å². The molecule has 1 aliphatic heterocycles. The van der Waals surface area contributed by atoms with Crippen LogP contribution >= 0.6 is 0 Å². The Morgan fingerprint density at radius 2 is 2.06 bits per heavy atom. The maximum atomic E-state index is 11.9. The first-order chi connectivity index (χ1) is 8.46. The predicted molar refractivity (Wildman–Crippen MR) is 65.2 cm³/mol. The van der Waals surface area contributed by atoms with Crippen molar-refractivity contribution in [3.05, 3.63) is 0 Å². The summed E-state index contributed by atoms with van der Waals surface area (Å²) in [6.45, 7) is 5.52. The van der Waals surface area contributed by atoms with Crippen LogP contribution in [-0.2, 0) is 19.1 Å². The average molecular weight is 258 g/mol. The zero-order valence-electron chi connectivity index (χ0n) is 11.3. The summed E-state index contributed by atoms with van der Waals surface area (Å²) < 4.78 is 10.5. The highest BCUT2D eigenvalue weighted by Gasteiger charge is 2.48. The van der Waals surface area contributed by atoms with Crippen molar-refractivity contribution in [2.24, 2.45) is 5.41 Å². The van der Waals surface area contributed by atoms with Crippen LogP contribution in [0.15, 0.2) is 0 Å². The number of hydrogen-bond acceptors (Lipinski definition) is 4. The third-order valence-corrected chi connectivity index (χ3v) is 3.58. The van der Waals surface area contributed by atoms with Gasteiger partial charge in [0.15, 0.2) is 5.41 Å². The lowest BCUT2D eigenvalue weighted by molar-refractivity contribution is -0.172. The van der Waals surface area contributed by atoms with Crippen molar-refractivity contribution >= 4 is 11.9 Å². The minimum Gasteiger partial charge on any atom is -0.480 e. The molecule has 1 N–H and O–H groups in total. The lowest BCUT2D eigenvalue weighted by Gasteiger charge is -2.28. The molecule has 1 saturated heterocycles. The van der Waals surface area contributed by atoms with Crippen molar-refractivity contribution in [3.8, 4) is 0 Å². The second-order valence-corrected chi connectivity index (χ2v) is 4.81. The predicted octanol–water partition coefficient (Wildman–Crippen LogP) is 1.99. The van der Waals surface area contributed by atoms with Gasteiger partial charge in [-0.3, -0.25) is 9.59 Å². The van der Waals surface area contributed by atoms with Crippen LogP contribution in [0.2, 0.25) is 0 Å². The summed E-state index contributed by atoms with van der Waals surface area (Å²) in [6.07, 6.45) is 2.10. The standard InChI is InChI=1S/C13H22O5/c1-4-13(11(14)15,12(16)17-5-2)8-10-7-6-9(3)18-10/h9-10H,4-8H2,1-3H3,(H,14,15). The van der Waals surface area contributed by atoms with Gasteiger partial charge >= 0.3 is 11.9 Å². The molecule has 1 aliphatic rings. The molecule has 104 valence electrons. The van der Waals surface area contributed by atoms with E-state index >= 15 is 0 Å². The van der Waals surface area contributed by atoms with Gasteiger partial charge < -0.3 is 14.6 Å². The number of carbonyl (C=O) groups excluding carboxylic acids is 1. The van der Waals surface area contributed by atoms with E-state index in [4.69, 9.17) is 9.47 Å². The Balaban J connectivity index is 2.83. The summed E-state index contributed by atoms with van der Waals surface area (Å²) in [4.78, 5) is 23.4. The van der Waals surface area contributed by atoms with E-state index in [0.29, 0.717) is 0 Å². The molecule has 5 nitrogen and oxygen atoms in total. The third-order valence-electron chi connectivity index (χ3n) is 3.58. The third kappa shape index (κ3) is 3.02. The van der Waals surface area contributed by atoms with E-state index in [1.165, 1.54) is 0 Å². The molecule has 1 rings (SSSR count). The fourth-order valence-corrected chi connectivity index (χ4v) is 2.39. The van der Waals surface area contributed by atoms with Crippen molar-refractivity contribution in [1.82, 2.24) is 0 Å². The number of esters is 1. The summed E-state index contributed by atoms with van der Waals surface area (Å²) in [5, 5.41) is 9.39. The summed E-state index contributed by atoms with van der Waals surface area (Å²) in [5.41, 5.74) is -1.47. The van der Waals surface area contributed by atoms with Gasteiger partial charge in [0.25, 0.3) is 0 Å². The number of aliphatic carboxylic acids is 1. The van der Waals surface area contributed by atoms with Gasteiger partial charge in [0.05, 0.1) is 18.8 Å². The minimum atomic E-state index is -1.47. The molecular formula is C13H22O5. The van der Waals surface area contributed by atoms with Gasteiger partial charge in [-0.2, -0.15) is 0 Å². The van der Waals surface area contributed by atoms with Gasteiger partial charge in [-0.05, 0) is 33.1 Å².